The van der Waals surface area contributed by atoms with Crippen LogP contribution in [-0.4, -0.2) is 48.3 Å². The van der Waals surface area contributed by atoms with E-state index in [0.717, 1.165) is 25.5 Å². The summed E-state index contributed by atoms with van der Waals surface area (Å²) in [6.45, 7) is 0.423. The summed E-state index contributed by atoms with van der Waals surface area (Å²) in [4.78, 5) is 17.1. The molecule has 0 atom stereocenters. The van der Waals surface area contributed by atoms with E-state index in [4.69, 9.17) is 14.2 Å². The van der Waals surface area contributed by atoms with Gasteiger partial charge in [-0.05, 0) is 37.0 Å². The molecule has 0 bridgehead atoms. The first-order valence-corrected chi connectivity index (χ1v) is 11.9. The maximum absolute atomic E-state index is 12.1. The van der Waals surface area contributed by atoms with E-state index in [9.17, 15) is 8.42 Å². The molecule has 2 heterocycles. The molecule has 1 aliphatic carbocycles. The second-order valence-corrected chi connectivity index (χ2v) is 9.09. The van der Waals surface area contributed by atoms with Crippen molar-refractivity contribution in [3.8, 4) is 34.8 Å². The van der Waals surface area contributed by atoms with Crippen molar-refractivity contribution in [3.05, 3.63) is 42.7 Å². The van der Waals surface area contributed by atoms with Gasteiger partial charge in [-0.3, -0.25) is 4.72 Å². The lowest BCUT2D eigenvalue weighted by Gasteiger charge is -2.25. The van der Waals surface area contributed by atoms with E-state index in [0.29, 0.717) is 24.0 Å². The van der Waals surface area contributed by atoms with Crippen molar-refractivity contribution in [1.29, 1.82) is 0 Å². The summed E-state index contributed by atoms with van der Waals surface area (Å²) in [5.41, 5.74) is 0. The molecule has 1 aliphatic rings. The van der Waals surface area contributed by atoms with Gasteiger partial charge in [-0.2, -0.15) is 4.98 Å². The number of para-hydroxylation sites is 2. The molecule has 32 heavy (non-hydrogen) atoms. The van der Waals surface area contributed by atoms with E-state index in [1.54, 1.807) is 42.7 Å². The van der Waals surface area contributed by atoms with Crippen LogP contribution in [0.2, 0.25) is 0 Å². The minimum absolute atomic E-state index is 0.0268. The summed E-state index contributed by atoms with van der Waals surface area (Å²) in [6, 6.07) is 8.63. The van der Waals surface area contributed by atoms with Gasteiger partial charge in [0.1, 0.15) is 0 Å². The lowest BCUT2D eigenvalue weighted by molar-refractivity contribution is 0.171. The predicted molar refractivity (Wildman–Crippen MR) is 117 cm³/mol. The van der Waals surface area contributed by atoms with Gasteiger partial charge in [0.05, 0.1) is 20.0 Å². The van der Waals surface area contributed by atoms with Crippen LogP contribution < -0.4 is 18.9 Å². The van der Waals surface area contributed by atoms with Crippen LogP contribution in [0.4, 0.5) is 5.82 Å². The normalized spacial score (nSPS) is 13.8. The van der Waals surface area contributed by atoms with E-state index in [2.05, 4.69) is 24.7 Å². The fourth-order valence-corrected chi connectivity index (χ4v) is 3.54. The largest absolute Gasteiger partial charge is 0.493 e. The second-order valence-electron chi connectivity index (χ2n) is 7.34. The van der Waals surface area contributed by atoms with Crippen molar-refractivity contribution in [2.75, 3.05) is 24.7 Å². The Morgan fingerprint density at radius 3 is 2.38 bits per heavy atom. The van der Waals surface area contributed by atoms with E-state index in [1.165, 1.54) is 7.11 Å². The van der Waals surface area contributed by atoms with Gasteiger partial charge in [0.15, 0.2) is 23.1 Å². The third-order valence-corrected chi connectivity index (χ3v) is 5.41. The van der Waals surface area contributed by atoms with Crippen LogP contribution in [-0.2, 0) is 10.0 Å². The third-order valence-electron chi connectivity index (χ3n) is 4.84. The zero-order valence-corrected chi connectivity index (χ0v) is 18.5. The lowest BCUT2D eigenvalue weighted by atomic mass is 9.86. The smallest absolute Gasteiger partial charge is 0.263 e. The maximum atomic E-state index is 12.1. The zero-order valence-electron chi connectivity index (χ0n) is 17.7. The average molecular weight is 458 g/mol. The molecular weight excluding hydrogens is 434 g/mol. The van der Waals surface area contributed by atoms with Gasteiger partial charge >= 0.3 is 0 Å². The van der Waals surface area contributed by atoms with Crippen LogP contribution in [0.5, 0.6) is 23.1 Å². The molecule has 3 aromatic rings. The Balaban J connectivity index is 1.82. The molecule has 0 spiro atoms. The molecule has 0 saturated heterocycles. The summed E-state index contributed by atoms with van der Waals surface area (Å²) >= 11 is 0. The van der Waals surface area contributed by atoms with Crippen LogP contribution in [0.3, 0.4) is 0 Å². The molecule has 0 aliphatic heterocycles. The molecule has 1 N–H and O–H groups in total. The molecule has 0 radical (unpaired) electrons. The standard InChI is InChI=1S/C21H23N5O5S/c1-29-15-9-3-4-10-16(15)31-17-18(26-32(2,27)28)24-20(19-22-11-6-12-23-19)25-21(17)30-13-14-7-5-8-14/h3-4,6,9-12,14H,5,7-8,13H2,1-2H3,(H,24,25,26). The molecule has 0 unspecified atom stereocenters. The number of sulfonamides is 1. The summed E-state index contributed by atoms with van der Waals surface area (Å²) in [7, 11) is -2.18. The monoisotopic (exact) mass is 457 g/mol. The van der Waals surface area contributed by atoms with Crippen molar-refractivity contribution < 1.29 is 22.6 Å². The topological polar surface area (TPSA) is 125 Å². The lowest BCUT2D eigenvalue weighted by Crippen LogP contribution is -2.20. The molecule has 168 valence electrons. The molecule has 10 nitrogen and oxygen atoms in total. The predicted octanol–water partition coefficient (Wildman–Crippen LogP) is 3.28. The van der Waals surface area contributed by atoms with Gasteiger partial charge in [-0.15, -0.1) is 0 Å². The molecule has 1 fully saturated rings. The van der Waals surface area contributed by atoms with Gasteiger partial charge in [0, 0.05) is 12.4 Å². The number of rotatable bonds is 9. The minimum atomic E-state index is -3.70. The molecule has 1 saturated carbocycles. The number of aromatic nitrogens is 4. The van der Waals surface area contributed by atoms with Crippen molar-refractivity contribution >= 4 is 15.8 Å². The molecule has 0 amide bonds. The molecule has 2 aromatic heterocycles. The Bertz CT molecular complexity index is 1190. The Morgan fingerprint density at radius 1 is 1.03 bits per heavy atom. The van der Waals surface area contributed by atoms with Crippen molar-refractivity contribution in [1.82, 2.24) is 19.9 Å². The number of nitrogens with one attached hydrogen (secondary N) is 1. The summed E-state index contributed by atoms with van der Waals surface area (Å²) in [5.74, 6) is 1.58. The summed E-state index contributed by atoms with van der Waals surface area (Å²) < 4.78 is 44.0. The zero-order chi connectivity index (χ0) is 22.6. The molecule has 1 aromatic carbocycles. The van der Waals surface area contributed by atoms with Crippen LogP contribution >= 0.6 is 0 Å². The number of ether oxygens (including phenoxy) is 3. The van der Waals surface area contributed by atoms with Crippen molar-refractivity contribution in [3.63, 3.8) is 0 Å². The Kier molecular flexibility index (Phi) is 6.35. The number of nitrogens with zero attached hydrogens (tertiary/aromatic N) is 4. The summed E-state index contributed by atoms with van der Waals surface area (Å²) in [6.07, 6.45) is 7.41. The quantitative estimate of drug-likeness (QED) is 0.515. The average Bonchev–Trinajstić information content (AvgIpc) is 2.74. The summed E-state index contributed by atoms with van der Waals surface area (Å²) in [5, 5.41) is 0. The second kappa shape index (κ2) is 9.35. The van der Waals surface area contributed by atoms with E-state index < -0.39 is 10.0 Å². The Morgan fingerprint density at radius 2 is 1.75 bits per heavy atom. The number of anilines is 1. The van der Waals surface area contributed by atoms with Crippen LogP contribution in [0.15, 0.2) is 42.7 Å². The Labute approximate surface area is 186 Å². The van der Waals surface area contributed by atoms with E-state index in [-0.39, 0.29) is 29.1 Å². The maximum Gasteiger partial charge on any atom is 0.263 e. The Hall–Kier alpha value is -3.47. The van der Waals surface area contributed by atoms with Crippen molar-refractivity contribution in [2.45, 2.75) is 19.3 Å². The highest BCUT2D eigenvalue weighted by Crippen LogP contribution is 2.41. The molecule has 4 rings (SSSR count). The van der Waals surface area contributed by atoms with Gasteiger partial charge in [-0.1, -0.05) is 18.6 Å². The van der Waals surface area contributed by atoms with E-state index >= 15 is 0 Å². The van der Waals surface area contributed by atoms with Gasteiger partial charge < -0.3 is 14.2 Å². The first-order valence-electron chi connectivity index (χ1n) is 10.0. The molecular formula is C21H23N5O5S. The first-order chi connectivity index (χ1) is 15.4. The van der Waals surface area contributed by atoms with Crippen LogP contribution in [0.25, 0.3) is 11.6 Å². The van der Waals surface area contributed by atoms with Crippen LogP contribution in [0, 0.1) is 5.92 Å². The van der Waals surface area contributed by atoms with Crippen molar-refractivity contribution in [2.24, 2.45) is 5.92 Å². The number of hydrogen-bond donors (Lipinski definition) is 1. The number of benzene rings is 1. The van der Waals surface area contributed by atoms with Gasteiger partial charge in [-0.25, -0.2) is 23.4 Å². The van der Waals surface area contributed by atoms with E-state index in [1.807, 2.05) is 0 Å². The van der Waals surface area contributed by atoms with Gasteiger partial charge in [0.25, 0.3) is 5.88 Å². The SMILES string of the molecule is COc1ccccc1Oc1c(NS(C)(=O)=O)nc(-c2ncccn2)nc1OCC1CCC1. The third kappa shape index (κ3) is 5.22. The number of hydrogen-bond acceptors (Lipinski definition) is 9. The fourth-order valence-electron chi connectivity index (χ4n) is 3.05. The highest BCUT2D eigenvalue weighted by atomic mass is 32.2. The minimum Gasteiger partial charge on any atom is -0.493 e. The number of methoxy groups -OCH3 is 1. The fraction of sp³-hybridized carbons (Fsp3) is 0.333. The highest BCUT2D eigenvalue weighted by Gasteiger charge is 2.25. The highest BCUT2D eigenvalue weighted by molar-refractivity contribution is 7.92. The molecule has 11 heteroatoms. The van der Waals surface area contributed by atoms with Crippen LogP contribution in [0.1, 0.15) is 19.3 Å². The van der Waals surface area contributed by atoms with Gasteiger partial charge in [0.2, 0.25) is 21.6 Å². The first kappa shape index (κ1) is 21.8.